The van der Waals surface area contributed by atoms with Crippen LogP contribution >= 0.6 is 13.5 Å². The molecule has 7 heteroatoms. The largest absolute Gasteiger partial charge is 1.00 e. The van der Waals surface area contributed by atoms with Crippen molar-refractivity contribution < 1.29 is 78.8 Å². The van der Waals surface area contributed by atoms with Crippen LogP contribution in [0.5, 0.6) is 0 Å². The van der Waals surface area contributed by atoms with Crippen LogP contribution in [-0.2, 0) is 0 Å². The maximum absolute atomic E-state index is 0. The summed E-state index contributed by atoms with van der Waals surface area (Å²) in [4.78, 5) is 0. The first-order chi connectivity index (χ1) is 0. The molecule has 0 radical (unpaired) electrons. The van der Waals surface area contributed by atoms with E-state index >= 15 is 0 Å². The van der Waals surface area contributed by atoms with Crippen LogP contribution in [0.4, 0.5) is 0 Å². The molecule has 0 spiro atoms. The normalized spacial score (nSPS) is 0. The van der Waals surface area contributed by atoms with E-state index in [4.69, 9.17) is 0 Å². The quantitative estimate of drug-likeness (QED) is 0.311. The third-order valence-corrected chi connectivity index (χ3v) is 0. The predicted octanol–water partition coefficient (Wildman–Crippen LogP) is -7.01. The van der Waals surface area contributed by atoms with Crippen molar-refractivity contribution in [2.45, 2.75) is 0 Å². The van der Waals surface area contributed by atoms with Crippen LogP contribution in [0.1, 0.15) is 0 Å². The Labute approximate surface area is 90.9 Å². The molecule has 0 unspecified atom stereocenters. The first-order valence-electron chi connectivity index (χ1n) is 0. The van der Waals surface area contributed by atoms with Gasteiger partial charge in [-0.2, -0.15) is 13.5 Å². The van der Waals surface area contributed by atoms with Crippen molar-refractivity contribution in [3.8, 4) is 0 Å². The first-order valence-corrected chi connectivity index (χ1v) is 0. The summed E-state index contributed by atoms with van der Waals surface area (Å²) < 4.78 is 0. The Bertz CT molecular complexity index is 8.04. The zero-order valence-electron chi connectivity index (χ0n) is 4.00. The van der Waals surface area contributed by atoms with Gasteiger partial charge in [-0.25, -0.2) is 0 Å². The average Bonchev–Trinajstić information content (AvgIpc) is 0. The minimum atomic E-state index is 0. The van der Waals surface area contributed by atoms with Gasteiger partial charge >= 0.3 is 51.4 Å². The van der Waals surface area contributed by atoms with Crippen molar-refractivity contribution in [3.05, 3.63) is 0 Å². The summed E-state index contributed by atoms with van der Waals surface area (Å²) in [6, 6.07) is 0. The molecule has 0 bridgehead atoms. The van der Waals surface area contributed by atoms with Gasteiger partial charge in [-0.05, 0) is 0 Å². The van der Waals surface area contributed by atoms with E-state index in [2.05, 4.69) is 0 Å². The summed E-state index contributed by atoms with van der Waals surface area (Å²) in [7, 11) is 0. The molecule has 0 saturated heterocycles. The summed E-state index contributed by atoms with van der Waals surface area (Å²) in [6.07, 6.45) is 0. The number of rotatable bonds is 0. The summed E-state index contributed by atoms with van der Waals surface area (Å²) in [5.41, 5.74) is 0. The monoisotopic (exact) mass is 163 g/mol. The molecule has 10 N–H and O–H groups in total. The van der Waals surface area contributed by atoms with Gasteiger partial charge in [0.1, 0.15) is 0 Å². The summed E-state index contributed by atoms with van der Waals surface area (Å²) in [5.74, 6) is 0. The van der Waals surface area contributed by atoms with Gasteiger partial charge < -0.3 is 27.4 Å². The minimum absolute atomic E-state index is 0. The van der Waals surface area contributed by atoms with Crippen molar-refractivity contribution >= 4 is 13.5 Å². The molecule has 0 fully saturated rings. The van der Waals surface area contributed by atoms with E-state index in [1.807, 2.05) is 0 Å². The Morgan fingerprint density at radius 3 is 0.429 bits per heavy atom. The zero-order valence-corrected chi connectivity index (χ0v) is 8.12. The Morgan fingerprint density at radius 2 is 0.429 bits per heavy atom. The third kappa shape index (κ3) is 81.7. The van der Waals surface area contributed by atoms with Gasteiger partial charge in [-0.1, -0.05) is 0 Å². The van der Waals surface area contributed by atoms with Crippen molar-refractivity contribution in [2.75, 3.05) is 0 Å². The maximum Gasteiger partial charge on any atom is 1.00 e. The molecule has 0 aliphatic carbocycles. The van der Waals surface area contributed by atoms with Crippen molar-refractivity contribution in [2.24, 2.45) is 0 Å². The second-order valence-electron chi connectivity index (χ2n) is 0. The Balaban J connectivity index is 0. The molecule has 0 aromatic rings. The molecule has 48 valence electrons. The second-order valence-corrected chi connectivity index (χ2v) is 0. The minimum Gasteiger partial charge on any atom is -0.412 e. The first kappa shape index (κ1) is 167. The van der Waals surface area contributed by atoms with E-state index in [-0.39, 0.29) is 92.3 Å². The molecule has 5 nitrogen and oxygen atoms in total. The predicted molar refractivity (Wildman–Crippen MR) is 28.4 cm³/mol. The van der Waals surface area contributed by atoms with Crippen LogP contribution in [0.2, 0.25) is 0 Å². The summed E-state index contributed by atoms with van der Waals surface area (Å²) in [5, 5.41) is 0. The van der Waals surface area contributed by atoms with E-state index in [1.165, 1.54) is 0 Å². The second kappa shape index (κ2) is 112. The standard InChI is InChI=1S/K.5H2O.H2S/h;6*1H2/q+1;;;;;;. The van der Waals surface area contributed by atoms with Gasteiger partial charge in [0.15, 0.2) is 0 Å². The maximum atomic E-state index is 0. The molecule has 0 aromatic heterocycles. The van der Waals surface area contributed by atoms with Gasteiger partial charge in [-0.3, -0.25) is 0 Å². The van der Waals surface area contributed by atoms with Crippen LogP contribution in [0.15, 0.2) is 0 Å². The molecule has 0 rings (SSSR count). The molecule has 0 aliphatic rings. The molecular formula is H12KO5S+. The molecule has 0 atom stereocenters. The SMILES string of the molecule is O.O.O.O.O.S.[K+]. The van der Waals surface area contributed by atoms with Gasteiger partial charge in [0.05, 0.1) is 0 Å². The molecule has 0 heterocycles. The molecule has 7 heavy (non-hydrogen) atoms. The average molecular weight is 163 g/mol. The Hall–Kier alpha value is 1.79. The summed E-state index contributed by atoms with van der Waals surface area (Å²) in [6.45, 7) is 0. The molecule has 0 aliphatic heterocycles. The van der Waals surface area contributed by atoms with Gasteiger partial charge in [-0.15, -0.1) is 0 Å². The Morgan fingerprint density at radius 1 is 0.429 bits per heavy atom. The molecule has 0 saturated carbocycles. The fourth-order valence-corrected chi connectivity index (χ4v) is 0. The van der Waals surface area contributed by atoms with Gasteiger partial charge in [0.25, 0.3) is 0 Å². The molecule has 0 amide bonds. The number of hydrogen-bond donors (Lipinski definition) is 0. The van der Waals surface area contributed by atoms with Crippen LogP contribution in [0.25, 0.3) is 0 Å². The van der Waals surface area contributed by atoms with Gasteiger partial charge in [0.2, 0.25) is 0 Å². The fraction of sp³-hybridized carbons (Fsp3) is 0. The van der Waals surface area contributed by atoms with E-state index < -0.39 is 0 Å². The van der Waals surface area contributed by atoms with E-state index in [1.54, 1.807) is 0 Å². The fourth-order valence-electron chi connectivity index (χ4n) is 0. The van der Waals surface area contributed by atoms with E-state index in [0.717, 1.165) is 0 Å². The van der Waals surface area contributed by atoms with E-state index in [0.29, 0.717) is 0 Å². The van der Waals surface area contributed by atoms with Crippen LogP contribution < -0.4 is 51.4 Å². The molecular weight excluding hydrogens is 151 g/mol. The topological polar surface area (TPSA) is 158 Å². The van der Waals surface area contributed by atoms with Crippen molar-refractivity contribution in [1.82, 2.24) is 0 Å². The van der Waals surface area contributed by atoms with Crippen LogP contribution in [0, 0.1) is 0 Å². The molecule has 0 aromatic carbocycles. The zero-order chi connectivity index (χ0) is 0. The number of hydrogen-bond acceptors (Lipinski definition) is 0. The third-order valence-electron chi connectivity index (χ3n) is 0. The van der Waals surface area contributed by atoms with Crippen LogP contribution in [0.3, 0.4) is 0 Å². The summed E-state index contributed by atoms with van der Waals surface area (Å²) >= 11 is 0. The smallest absolute Gasteiger partial charge is 0.412 e. The Kier molecular flexibility index (Phi) is 2680. The van der Waals surface area contributed by atoms with Crippen LogP contribution in [-0.4, -0.2) is 27.4 Å². The van der Waals surface area contributed by atoms with Crippen molar-refractivity contribution in [1.29, 1.82) is 0 Å². The van der Waals surface area contributed by atoms with E-state index in [9.17, 15) is 0 Å². The van der Waals surface area contributed by atoms with Crippen molar-refractivity contribution in [3.63, 3.8) is 0 Å². The van der Waals surface area contributed by atoms with Gasteiger partial charge in [0, 0.05) is 0 Å².